The van der Waals surface area contributed by atoms with E-state index < -0.39 is 0 Å². The van der Waals surface area contributed by atoms with Crippen LogP contribution in [0.1, 0.15) is 28.4 Å². The van der Waals surface area contributed by atoms with Gasteiger partial charge in [-0.3, -0.25) is 4.79 Å². The summed E-state index contributed by atoms with van der Waals surface area (Å²) < 4.78 is 0. The van der Waals surface area contributed by atoms with Gasteiger partial charge in [0.25, 0.3) is 0 Å². The van der Waals surface area contributed by atoms with E-state index in [9.17, 15) is 4.79 Å². The Kier molecular flexibility index (Phi) is 17.7. The third kappa shape index (κ3) is 13.2. The molecule has 0 fully saturated rings. The van der Waals surface area contributed by atoms with Crippen molar-refractivity contribution in [1.82, 2.24) is 4.98 Å². The smallest absolute Gasteiger partial charge is 0.189 e. The van der Waals surface area contributed by atoms with E-state index in [0.717, 1.165) is 27.9 Å². The molecule has 0 aliphatic rings. The number of aliphatic hydroxyl groups excluding tert-OH is 1. The Morgan fingerprint density at radius 3 is 1.76 bits per heavy atom. The molecule has 5 aromatic carbocycles. The third-order valence-electron chi connectivity index (χ3n) is 6.83. The number of hydrogen-bond acceptors (Lipinski definition) is 3. The fraction of sp³-hybridized carbons (Fsp3) is 0.0222. The van der Waals surface area contributed by atoms with Gasteiger partial charge in [0.05, 0.1) is 5.76 Å². The Balaban J connectivity index is 0.000000255. The van der Waals surface area contributed by atoms with Gasteiger partial charge < -0.3 is 10.1 Å². The monoisotopic (exact) mass is 819 g/mol. The Bertz CT molecular complexity index is 1930. The van der Waals surface area contributed by atoms with Crippen LogP contribution in [0.25, 0.3) is 45.3 Å². The molecule has 6 aromatic rings. The van der Waals surface area contributed by atoms with E-state index in [1.54, 1.807) is 30.4 Å². The van der Waals surface area contributed by atoms with Crippen molar-refractivity contribution in [2.24, 2.45) is 0 Å². The minimum Gasteiger partial charge on any atom is -0.512 e. The van der Waals surface area contributed by atoms with Crippen LogP contribution >= 0.6 is 0 Å². The number of hydrogen-bond donors (Lipinski definition) is 1. The van der Waals surface area contributed by atoms with Gasteiger partial charge in [-0.1, -0.05) is 154 Å². The van der Waals surface area contributed by atoms with E-state index in [0.29, 0.717) is 5.56 Å². The van der Waals surface area contributed by atoms with Crippen LogP contribution in [0, 0.1) is 6.07 Å². The van der Waals surface area contributed by atoms with Gasteiger partial charge in [-0.05, 0) is 51.7 Å². The maximum Gasteiger partial charge on any atom is 0.189 e. The second-order valence-corrected chi connectivity index (χ2v) is 10.3. The van der Waals surface area contributed by atoms with Gasteiger partial charge >= 0.3 is 0 Å². The normalized spacial score (nSPS) is 9.78. The standard InChI is InChI=1S/C18H16O2.C15H10N.C8H8.C4H6.Ir/c1-3-14-4-6-15(7-5-14)16-8-10-17(11-9-16)18(20)12-13(2)19;1-2-7-13(8-3-1)15-14-9-5-4-6-12(14)10-11-16-15;1-2-8-6-4-3-5-7-8;1-3-4-2;/h3-12,19H,1H2,2H3;1-7,9-11H;2-7H,1H2;3-4H,1-2H2;/q;-1;;;. The van der Waals surface area contributed by atoms with Crippen LogP contribution in [-0.4, -0.2) is 15.9 Å². The molecule has 0 atom stereocenters. The van der Waals surface area contributed by atoms with Crippen LogP contribution in [0.4, 0.5) is 0 Å². The molecule has 247 valence electrons. The second kappa shape index (κ2) is 22.0. The molecule has 4 heteroatoms. The maximum atomic E-state index is 11.7. The molecule has 0 spiro atoms. The predicted octanol–water partition coefficient (Wildman–Crippen LogP) is 12.0. The SMILES string of the molecule is C=CC=C.C=Cc1ccc(-c2ccc(C(=O)C=C(C)O)cc2)cc1.C=Cc1ccccc1.[Ir].[c-]1ccccc1-c1nccc2ccccc12. The number of ketones is 1. The van der Waals surface area contributed by atoms with Gasteiger partial charge in [-0.2, -0.15) is 0 Å². The quantitative estimate of drug-likeness (QED) is 0.0574. The first-order chi connectivity index (χ1) is 23.4. The Morgan fingerprint density at radius 1 is 0.673 bits per heavy atom. The summed E-state index contributed by atoms with van der Waals surface area (Å²) in [5, 5.41) is 11.5. The number of aliphatic hydroxyl groups is 1. The van der Waals surface area contributed by atoms with E-state index in [1.807, 2.05) is 121 Å². The van der Waals surface area contributed by atoms with Crippen molar-refractivity contribution in [3.05, 3.63) is 213 Å². The van der Waals surface area contributed by atoms with E-state index in [4.69, 9.17) is 5.11 Å². The number of carbonyl (C=O) groups is 1. The number of aromatic nitrogens is 1. The largest absolute Gasteiger partial charge is 0.512 e. The number of fused-ring (bicyclic) bond motifs is 1. The first kappa shape index (κ1) is 39.5. The Labute approximate surface area is 304 Å². The number of carbonyl (C=O) groups excluding carboxylic acids is 1. The zero-order valence-corrected chi connectivity index (χ0v) is 30.0. The average molecular weight is 819 g/mol. The number of benzene rings is 5. The third-order valence-corrected chi connectivity index (χ3v) is 6.83. The summed E-state index contributed by atoms with van der Waals surface area (Å²) >= 11 is 0. The molecule has 3 nitrogen and oxygen atoms in total. The molecule has 0 saturated heterocycles. The molecule has 0 aliphatic carbocycles. The fourth-order valence-corrected chi connectivity index (χ4v) is 4.38. The van der Waals surface area contributed by atoms with Crippen LogP contribution in [0.2, 0.25) is 0 Å². The maximum absolute atomic E-state index is 11.7. The molecule has 1 aromatic heterocycles. The molecule has 6 rings (SSSR count). The van der Waals surface area contributed by atoms with Crippen molar-refractivity contribution in [1.29, 1.82) is 0 Å². The Morgan fingerprint density at radius 2 is 1.22 bits per heavy atom. The predicted molar refractivity (Wildman–Crippen MR) is 206 cm³/mol. The zero-order chi connectivity index (χ0) is 34.6. The van der Waals surface area contributed by atoms with E-state index >= 15 is 0 Å². The van der Waals surface area contributed by atoms with Gasteiger partial charge in [0.15, 0.2) is 5.78 Å². The van der Waals surface area contributed by atoms with Crippen LogP contribution in [0.3, 0.4) is 0 Å². The first-order valence-corrected chi connectivity index (χ1v) is 15.4. The molecule has 1 heterocycles. The molecule has 1 radical (unpaired) electrons. The van der Waals surface area contributed by atoms with Gasteiger partial charge in [-0.25, -0.2) is 0 Å². The van der Waals surface area contributed by atoms with Crippen molar-refractivity contribution >= 4 is 28.7 Å². The summed E-state index contributed by atoms with van der Waals surface area (Å²) in [4.78, 5) is 16.2. The summed E-state index contributed by atoms with van der Waals surface area (Å²) in [6.45, 7) is 15.6. The van der Waals surface area contributed by atoms with Gasteiger partial charge in [0.1, 0.15) is 0 Å². The number of rotatable bonds is 7. The molecule has 49 heavy (non-hydrogen) atoms. The van der Waals surface area contributed by atoms with Gasteiger partial charge in [-0.15, -0.1) is 35.9 Å². The van der Waals surface area contributed by atoms with E-state index in [-0.39, 0.29) is 31.6 Å². The average Bonchev–Trinajstić information content (AvgIpc) is 3.15. The molecule has 0 unspecified atom stereocenters. The van der Waals surface area contributed by atoms with Gasteiger partial charge in [0, 0.05) is 37.9 Å². The summed E-state index contributed by atoms with van der Waals surface area (Å²) in [6, 6.07) is 46.8. The summed E-state index contributed by atoms with van der Waals surface area (Å²) in [5.74, 6) is -0.183. The van der Waals surface area contributed by atoms with Gasteiger partial charge in [0.2, 0.25) is 0 Å². The summed E-state index contributed by atoms with van der Waals surface area (Å²) in [6.07, 6.45) is 9.97. The van der Waals surface area contributed by atoms with Crippen LogP contribution in [0.15, 0.2) is 190 Å². The topological polar surface area (TPSA) is 50.2 Å². The van der Waals surface area contributed by atoms with Crippen LogP contribution in [0.5, 0.6) is 0 Å². The first-order valence-electron chi connectivity index (χ1n) is 15.4. The number of allylic oxidation sites excluding steroid dienone is 4. The van der Waals surface area contributed by atoms with Crippen molar-refractivity contribution in [2.45, 2.75) is 6.92 Å². The van der Waals surface area contributed by atoms with Crippen molar-refractivity contribution < 1.29 is 30.0 Å². The molecular formula is C45H40IrNO2-. The molecule has 0 amide bonds. The second-order valence-electron chi connectivity index (χ2n) is 10.3. The fourth-order valence-electron chi connectivity index (χ4n) is 4.38. The number of nitrogens with zero attached hydrogens (tertiary/aromatic N) is 1. The minimum atomic E-state index is -0.196. The summed E-state index contributed by atoms with van der Waals surface area (Å²) in [7, 11) is 0. The molecule has 1 N–H and O–H groups in total. The number of pyridine rings is 1. The van der Waals surface area contributed by atoms with E-state index in [2.05, 4.69) is 49.5 Å². The van der Waals surface area contributed by atoms with Crippen LogP contribution in [-0.2, 0) is 20.1 Å². The minimum absolute atomic E-state index is 0. The zero-order valence-electron chi connectivity index (χ0n) is 27.6. The Hall–Kier alpha value is -5.67. The summed E-state index contributed by atoms with van der Waals surface area (Å²) in [5.41, 5.74) is 6.98. The van der Waals surface area contributed by atoms with Crippen molar-refractivity contribution in [3.63, 3.8) is 0 Å². The molecule has 0 bridgehead atoms. The molecule has 0 aliphatic heterocycles. The van der Waals surface area contributed by atoms with E-state index in [1.165, 1.54) is 29.3 Å². The van der Waals surface area contributed by atoms with Crippen LogP contribution < -0.4 is 0 Å². The molecular weight excluding hydrogens is 779 g/mol. The van der Waals surface area contributed by atoms with Crippen molar-refractivity contribution in [3.8, 4) is 22.4 Å². The van der Waals surface area contributed by atoms with Crippen molar-refractivity contribution in [2.75, 3.05) is 0 Å². The molecule has 0 saturated carbocycles.